The van der Waals surface area contributed by atoms with Crippen molar-refractivity contribution in [1.82, 2.24) is 0 Å². The molecule has 2 atom stereocenters. The minimum Gasteiger partial charge on any atom is -0.371 e. The fourth-order valence-corrected chi connectivity index (χ4v) is 2.64. The second-order valence-electron chi connectivity index (χ2n) is 4.97. The molecule has 0 radical (unpaired) electrons. The number of benzene rings is 1. The molecule has 0 amide bonds. The van der Waals surface area contributed by atoms with E-state index in [9.17, 15) is 4.39 Å². The Labute approximate surface area is 103 Å². The van der Waals surface area contributed by atoms with Crippen LogP contribution in [0.25, 0.3) is 0 Å². The third kappa shape index (κ3) is 2.44. The van der Waals surface area contributed by atoms with Crippen molar-refractivity contribution < 1.29 is 4.39 Å². The number of nitrogens with zero attached hydrogens (tertiary/aromatic N) is 1. The SMILES string of the molecule is CCC1CCN(c2cccc(F)c2C(C)N)C1. The van der Waals surface area contributed by atoms with Crippen LogP contribution >= 0.6 is 0 Å². The number of anilines is 1. The molecule has 1 heterocycles. The van der Waals surface area contributed by atoms with E-state index in [2.05, 4.69) is 11.8 Å². The topological polar surface area (TPSA) is 29.3 Å². The molecule has 1 fully saturated rings. The highest BCUT2D eigenvalue weighted by Gasteiger charge is 2.24. The summed E-state index contributed by atoms with van der Waals surface area (Å²) in [5, 5.41) is 0. The van der Waals surface area contributed by atoms with Crippen molar-refractivity contribution in [3.63, 3.8) is 0 Å². The lowest BCUT2D eigenvalue weighted by atomic mass is 10.0. The Hall–Kier alpha value is -1.09. The van der Waals surface area contributed by atoms with Crippen LogP contribution < -0.4 is 10.6 Å². The van der Waals surface area contributed by atoms with Crippen LogP contribution in [0.5, 0.6) is 0 Å². The molecule has 0 aliphatic carbocycles. The monoisotopic (exact) mass is 236 g/mol. The Morgan fingerprint density at radius 2 is 2.29 bits per heavy atom. The zero-order valence-electron chi connectivity index (χ0n) is 10.6. The van der Waals surface area contributed by atoms with Gasteiger partial charge < -0.3 is 10.6 Å². The molecule has 94 valence electrons. The minimum atomic E-state index is -0.258. The van der Waals surface area contributed by atoms with Crippen LogP contribution in [-0.2, 0) is 0 Å². The summed E-state index contributed by atoms with van der Waals surface area (Å²) in [6.45, 7) is 6.10. The maximum atomic E-state index is 13.8. The van der Waals surface area contributed by atoms with Gasteiger partial charge in [-0.2, -0.15) is 0 Å². The molecule has 1 aromatic carbocycles. The van der Waals surface area contributed by atoms with Crippen molar-refractivity contribution in [3.05, 3.63) is 29.6 Å². The van der Waals surface area contributed by atoms with Gasteiger partial charge in [0.2, 0.25) is 0 Å². The number of hydrogen-bond acceptors (Lipinski definition) is 2. The molecule has 2 rings (SSSR count). The average Bonchev–Trinajstić information content (AvgIpc) is 2.76. The molecule has 1 aliphatic rings. The van der Waals surface area contributed by atoms with Crippen LogP contribution in [0, 0.1) is 11.7 Å². The molecular formula is C14H21FN2. The first-order chi connectivity index (χ1) is 8.13. The molecule has 17 heavy (non-hydrogen) atoms. The van der Waals surface area contributed by atoms with E-state index in [1.165, 1.54) is 18.9 Å². The highest BCUT2D eigenvalue weighted by Crippen LogP contribution is 2.32. The van der Waals surface area contributed by atoms with Crippen molar-refractivity contribution in [2.75, 3.05) is 18.0 Å². The lowest BCUT2D eigenvalue weighted by Gasteiger charge is -2.24. The number of nitrogens with two attached hydrogens (primary N) is 1. The molecule has 2 N–H and O–H groups in total. The average molecular weight is 236 g/mol. The van der Waals surface area contributed by atoms with Crippen LogP contribution in [0.3, 0.4) is 0 Å². The van der Waals surface area contributed by atoms with Gasteiger partial charge in [-0.1, -0.05) is 19.4 Å². The third-order valence-electron chi connectivity index (χ3n) is 3.69. The second-order valence-corrected chi connectivity index (χ2v) is 4.97. The zero-order chi connectivity index (χ0) is 12.4. The summed E-state index contributed by atoms with van der Waals surface area (Å²) in [5.74, 6) is 0.552. The molecule has 1 aromatic rings. The minimum absolute atomic E-state index is 0.183. The molecule has 0 bridgehead atoms. The first-order valence-corrected chi connectivity index (χ1v) is 6.42. The largest absolute Gasteiger partial charge is 0.371 e. The maximum Gasteiger partial charge on any atom is 0.130 e. The molecule has 2 unspecified atom stereocenters. The highest BCUT2D eigenvalue weighted by atomic mass is 19.1. The Bertz CT molecular complexity index is 390. The number of rotatable bonds is 3. The Balaban J connectivity index is 2.29. The molecule has 0 aromatic heterocycles. The van der Waals surface area contributed by atoms with Crippen LogP contribution in [0.4, 0.5) is 10.1 Å². The van der Waals surface area contributed by atoms with Crippen LogP contribution in [0.2, 0.25) is 0 Å². The van der Waals surface area contributed by atoms with E-state index in [4.69, 9.17) is 5.73 Å². The van der Waals surface area contributed by atoms with E-state index in [1.807, 2.05) is 13.0 Å². The van der Waals surface area contributed by atoms with Crippen molar-refractivity contribution in [2.45, 2.75) is 32.7 Å². The first-order valence-electron chi connectivity index (χ1n) is 6.42. The van der Waals surface area contributed by atoms with Gasteiger partial charge in [-0.3, -0.25) is 0 Å². The Morgan fingerprint density at radius 3 is 2.88 bits per heavy atom. The molecule has 2 nitrogen and oxygen atoms in total. The van der Waals surface area contributed by atoms with Gasteiger partial charge >= 0.3 is 0 Å². The summed E-state index contributed by atoms with van der Waals surface area (Å²) in [4.78, 5) is 2.27. The number of halogens is 1. The van der Waals surface area contributed by atoms with E-state index in [0.717, 1.165) is 24.7 Å². The van der Waals surface area contributed by atoms with Crippen LogP contribution in [0.1, 0.15) is 38.3 Å². The fourth-order valence-electron chi connectivity index (χ4n) is 2.64. The lowest BCUT2D eigenvalue weighted by Crippen LogP contribution is -2.23. The molecule has 0 spiro atoms. The second kappa shape index (κ2) is 5.05. The van der Waals surface area contributed by atoms with E-state index >= 15 is 0 Å². The van der Waals surface area contributed by atoms with Gasteiger partial charge in [-0.05, 0) is 31.4 Å². The van der Waals surface area contributed by atoms with Gasteiger partial charge in [0.05, 0.1) is 0 Å². The fraction of sp³-hybridized carbons (Fsp3) is 0.571. The summed E-state index contributed by atoms with van der Waals surface area (Å²) >= 11 is 0. The predicted molar refractivity (Wildman–Crippen MR) is 69.6 cm³/mol. The standard InChI is InChI=1S/C14H21FN2/c1-3-11-7-8-17(9-11)13-6-4-5-12(15)14(13)10(2)16/h4-6,10-11H,3,7-9,16H2,1-2H3. The normalized spacial score (nSPS) is 21.9. The van der Waals surface area contributed by atoms with Crippen molar-refractivity contribution in [2.24, 2.45) is 11.7 Å². The van der Waals surface area contributed by atoms with E-state index in [-0.39, 0.29) is 11.9 Å². The van der Waals surface area contributed by atoms with Gasteiger partial charge in [0.1, 0.15) is 5.82 Å². The van der Waals surface area contributed by atoms with Gasteiger partial charge in [-0.25, -0.2) is 4.39 Å². The van der Waals surface area contributed by atoms with Crippen molar-refractivity contribution in [3.8, 4) is 0 Å². The third-order valence-corrected chi connectivity index (χ3v) is 3.69. The number of hydrogen-bond donors (Lipinski definition) is 1. The van der Waals surface area contributed by atoms with E-state index in [1.54, 1.807) is 6.07 Å². The highest BCUT2D eigenvalue weighted by molar-refractivity contribution is 5.56. The van der Waals surface area contributed by atoms with Gasteiger partial charge in [0, 0.05) is 30.4 Å². The molecule has 3 heteroatoms. The smallest absolute Gasteiger partial charge is 0.130 e. The van der Waals surface area contributed by atoms with Crippen molar-refractivity contribution >= 4 is 5.69 Å². The summed E-state index contributed by atoms with van der Waals surface area (Å²) < 4.78 is 13.8. The molecular weight excluding hydrogens is 215 g/mol. The Kier molecular flexibility index (Phi) is 3.67. The lowest BCUT2D eigenvalue weighted by molar-refractivity contribution is 0.567. The summed E-state index contributed by atoms with van der Waals surface area (Å²) in [7, 11) is 0. The predicted octanol–water partition coefficient (Wildman–Crippen LogP) is 3.08. The molecule has 1 saturated heterocycles. The molecule has 0 saturated carbocycles. The maximum absolute atomic E-state index is 13.8. The van der Waals surface area contributed by atoms with Gasteiger partial charge in [0.15, 0.2) is 0 Å². The molecule has 1 aliphatic heterocycles. The quantitative estimate of drug-likeness (QED) is 0.874. The van der Waals surface area contributed by atoms with Crippen molar-refractivity contribution in [1.29, 1.82) is 0 Å². The van der Waals surface area contributed by atoms with Crippen LogP contribution in [0.15, 0.2) is 18.2 Å². The zero-order valence-corrected chi connectivity index (χ0v) is 10.6. The Morgan fingerprint density at radius 1 is 1.53 bits per heavy atom. The van der Waals surface area contributed by atoms with Gasteiger partial charge in [0.25, 0.3) is 0 Å². The first kappa shape index (κ1) is 12.4. The van der Waals surface area contributed by atoms with Crippen LogP contribution in [-0.4, -0.2) is 13.1 Å². The summed E-state index contributed by atoms with van der Waals surface area (Å²) in [6, 6.07) is 5.00. The summed E-state index contributed by atoms with van der Waals surface area (Å²) in [5.41, 5.74) is 7.52. The van der Waals surface area contributed by atoms with E-state index < -0.39 is 0 Å². The summed E-state index contributed by atoms with van der Waals surface area (Å²) in [6.07, 6.45) is 2.39. The van der Waals surface area contributed by atoms with E-state index in [0.29, 0.717) is 5.56 Å². The van der Waals surface area contributed by atoms with Gasteiger partial charge in [-0.15, -0.1) is 0 Å².